The Bertz CT molecular complexity index is 1910. The molecule has 0 saturated heterocycles. The standard InChI is InChI=1S/C37H36N6O4/c1-3-26(2)35(40-36(44)19-33-21-39-25-42(33)22-28-13-17-32(18-14-28)43(46)47)24-41(37(45)30-15-11-27(20-38)12-16-30)23-31-9-6-8-29-7-4-5-10-34(29)31/h4-18,21,25-26,35H,3,19,22-24H2,1-2H3,(H,40,44)/t26-,35+/m0/s1. The number of rotatable bonds is 13. The van der Waals surface area contributed by atoms with Crippen LogP contribution in [0, 0.1) is 27.4 Å². The molecule has 0 unspecified atom stereocenters. The monoisotopic (exact) mass is 628 g/mol. The minimum atomic E-state index is -0.439. The van der Waals surface area contributed by atoms with E-state index in [1.165, 1.54) is 12.1 Å². The zero-order valence-electron chi connectivity index (χ0n) is 26.4. The molecule has 0 aliphatic rings. The molecule has 0 aliphatic carbocycles. The van der Waals surface area contributed by atoms with E-state index in [9.17, 15) is 25.0 Å². The molecule has 1 heterocycles. The molecule has 10 nitrogen and oxygen atoms in total. The number of hydrogen-bond acceptors (Lipinski definition) is 6. The highest BCUT2D eigenvalue weighted by Crippen LogP contribution is 2.23. The molecule has 2 amide bonds. The number of nitriles is 1. The zero-order valence-corrected chi connectivity index (χ0v) is 26.4. The molecular formula is C37H36N6O4. The number of nitrogens with zero attached hydrogens (tertiary/aromatic N) is 5. The molecule has 5 rings (SSSR count). The van der Waals surface area contributed by atoms with Crippen LogP contribution in [0.2, 0.25) is 0 Å². The van der Waals surface area contributed by atoms with Gasteiger partial charge < -0.3 is 14.8 Å². The van der Waals surface area contributed by atoms with Crippen LogP contribution in [0.15, 0.2) is 104 Å². The fourth-order valence-electron chi connectivity index (χ4n) is 5.59. The van der Waals surface area contributed by atoms with E-state index in [4.69, 9.17) is 0 Å². The number of carbonyl (C=O) groups excluding carboxylic acids is 2. The van der Waals surface area contributed by atoms with Crippen molar-refractivity contribution >= 4 is 28.3 Å². The van der Waals surface area contributed by atoms with Crippen molar-refractivity contribution in [3.8, 4) is 6.07 Å². The molecule has 1 aromatic heterocycles. The molecule has 0 radical (unpaired) electrons. The Balaban J connectivity index is 1.36. The summed E-state index contributed by atoms with van der Waals surface area (Å²) in [5.74, 6) is -0.324. The minimum Gasteiger partial charge on any atom is -0.351 e. The quantitative estimate of drug-likeness (QED) is 0.120. The molecule has 47 heavy (non-hydrogen) atoms. The van der Waals surface area contributed by atoms with Crippen LogP contribution in [0.25, 0.3) is 10.8 Å². The highest BCUT2D eigenvalue weighted by molar-refractivity contribution is 5.95. The second-order valence-electron chi connectivity index (χ2n) is 11.7. The maximum absolute atomic E-state index is 14.0. The summed E-state index contributed by atoms with van der Waals surface area (Å²) >= 11 is 0. The summed E-state index contributed by atoms with van der Waals surface area (Å²) in [6, 6.07) is 28.8. The number of non-ortho nitro benzene ring substituents is 1. The lowest BCUT2D eigenvalue weighted by molar-refractivity contribution is -0.384. The van der Waals surface area contributed by atoms with Gasteiger partial charge in [-0.1, -0.05) is 74.9 Å². The molecule has 0 spiro atoms. The molecule has 2 atom stereocenters. The first kappa shape index (κ1) is 32.6. The van der Waals surface area contributed by atoms with E-state index in [-0.39, 0.29) is 42.4 Å². The van der Waals surface area contributed by atoms with E-state index in [1.54, 1.807) is 53.8 Å². The number of fused-ring (bicyclic) bond motifs is 1. The van der Waals surface area contributed by atoms with Gasteiger partial charge in [0.25, 0.3) is 11.6 Å². The van der Waals surface area contributed by atoms with Crippen molar-refractivity contribution < 1.29 is 14.5 Å². The number of carbonyl (C=O) groups is 2. The van der Waals surface area contributed by atoms with Gasteiger partial charge in [-0.15, -0.1) is 0 Å². The highest BCUT2D eigenvalue weighted by atomic mass is 16.6. The molecule has 4 aromatic carbocycles. The first-order chi connectivity index (χ1) is 22.7. The molecule has 0 saturated carbocycles. The van der Waals surface area contributed by atoms with Gasteiger partial charge in [-0.25, -0.2) is 4.98 Å². The Kier molecular flexibility index (Phi) is 10.4. The van der Waals surface area contributed by atoms with Crippen molar-refractivity contribution in [2.75, 3.05) is 6.54 Å². The molecule has 238 valence electrons. The number of hydrogen-bond donors (Lipinski definition) is 1. The second-order valence-corrected chi connectivity index (χ2v) is 11.7. The van der Waals surface area contributed by atoms with E-state index in [2.05, 4.69) is 30.2 Å². The summed E-state index contributed by atoms with van der Waals surface area (Å²) in [7, 11) is 0. The third-order valence-electron chi connectivity index (χ3n) is 8.52. The smallest absolute Gasteiger partial charge is 0.269 e. The Morgan fingerprint density at radius 2 is 1.74 bits per heavy atom. The number of aromatic nitrogens is 2. The van der Waals surface area contributed by atoms with Crippen molar-refractivity contribution in [3.05, 3.63) is 142 Å². The van der Waals surface area contributed by atoms with Crippen LogP contribution in [0.5, 0.6) is 0 Å². The molecule has 0 fully saturated rings. The van der Waals surface area contributed by atoms with Crippen LogP contribution >= 0.6 is 0 Å². The lowest BCUT2D eigenvalue weighted by atomic mass is 9.97. The van der Waals surface area contributed by atoms with Gasteiger partial charge in [0.05, 0.1) is 29.3 Å². The van der Waals surface area contributed by atoms with Crippen LogP contribution in [0.3, 0.4) is 0 Å². The SMILES string of the molecule is CC[C@H](C)[C@@H](CN(Cc1cccc2ccccc12)C(=O)c1ccc(C#N)cc1)NC(=O)Cc1cncn1Cc1ccc([N+](=O)[O-])cc1. The number of amides is 2. The van der Waals surface area contributed by atoms with E-state index in [1.807, 2.05) is 47.0 Å². The van der Waals surface area contributed by atoms with Crippen molar-refractivity contribution in [2.45, 2.75) is 45.8 Å². The fourth-order valence-corrected chi connectivity index (χ4v) is 5.59. The summed E-state index contributed by atoms with van der Waals surface area (Å²) in [5, 5.41) is 25.6. The summed E-state index contributed by atoms with van der Waals surface area (Å²) in [6.45, 7) is 5.15. The van der Waals surface area contributed by atoms with Crippen molar-refractivity contribution in [3.63, 3.8) is 0 Å². The molecular weight excluding hydrogens is 592 g/mol. The molecule has 1 N–H and O–H groups in total. The van der Waals surface area contributed by atoms with Gasteiger partial charge in [0.15, 0.2) is 0 Å². The van der Waals surface area contributed by atoms with Crippen LogP contribution in [-0.2, 0) is 24.3 Å². The molecule has 0 bridgehead atoms. The predicted molar refractivity (Wildman–Crippen MR) is 179 cm³/mol. The van der Waals surface area contributed by atoms with Crippen LogP contribution in [-0.4, -0.2) is 43.8 Å². The predicted octanol–water partition coefficient (Wildman–Crippen LogP) is 6.28. The van der Waals surface area contributed by atoms with Gasteiger partial charge in [-0.3, -0.25) is 19.7 Å². The van der Waals surface area contributed by atoms with E-state index in [0.717, 1.165) is 28.3 Å². The lowest BCUT2D eigenvalue weighted by Crippen LogP contribution is -2.49. The van der Waals surface area contributed by atoms with E-state index < -0.39 is 4.92 Å². The minimum absolute atomic E-state index is 0.0160. The van der Waals surface area contributed by atoms with Gasteiger partial charge in [0, 0.05) is 55.3 Å². The first-order valence-electron chi connectivity index (χ1n) is 15.5. The van der Waals surface area contributed by atoms with Crippen molar-refractivity contribution in [1.82, 2.24) is 19.8 Å². The number of nitrogens with one attached hydrogen (secondary N) is 1. The van der Waals surface area contributed by atoms with E-state index in [0.29, 0.717) is 29.9 Å². The number of benzene rings is 4. The van der Waals surface area contributed by atoms with Crippen LogP contribution in [0.4, 0.5) is 5.69 Å². The summed E-state index contributed by atoms with van der Waals surface area (Å²) < 4.78 is 1.85. The van der Waals surface area contributed by atoms with Gasteiger partial charge >= 0.3 is 0 Å². The maximum Gasteiger partial charge on any atom is 0.269 e. The van der Waals surface area contributed by atoms with Gasteiger partial charge in [-0.2, -0.15) is 5.26 Å². The van der Waals surface area contributed by atoms with Crippen LogP contribution < -0.4 is 5.32 Å². The zero-order chi connectivity index (χ0) is 33.3. The number of nitro benzene ring substituents is 1. The molecule has 10 heteroatoms. The van der Waals surface area contributed by atoms with Crippen molar-refractivity contribution in [1.29, 1.82) is 5.26 Å². The Morgan fingerprint density at radius 3 is 2.45 bits per heavy atom. The maximum atomic E-state index is 14.0. The summed E-state index contributed by atoms with van der Waals surface area (Å²) in [6.07, 6.45) is 4.14. The Morgan fingerprint density at radius 1 is 1.02 bits per heavy atom. The summed E-state index contributed by atoms with van der Waals surface area (Å²) in [5.41, 5.74) is 3.49. The van der Waals surface area contributed by atoms with E-state index >= 15 is 0 Å². The lowest BCUT2D eigenvalue weighted by Gasteiger charge is -2.32. The van der Waals surface area contributed by atoms with Gasteiger partial charge in [0.2, 0.25) is 5.91 Å². The Labute approximate surface area is 273 Å². The Hall–Kier alpha value is -5.82. The molecule has 0 aliphatic heterocycles. The molecule has 5 aromatic rings. The normalized spacial score (nSPS) is 12.2. The summed E-state index contributed by atoms with van der Waals surface area (Å²) in [4.78, 5) is 44.2. The second kappa shape index (κ2) is 15.0. The third-order valence-corrected chi connectivity index (χ3v) is 8.52. The fraction of sp³-hybridized carbons (Fsp3) is 0.243. The first-order valence-corrected chi connectivity index (χ1v) is 15.5. The third kappa shape index (κ3) is 8.07. The average Bonchev–Trinajstić information content (AvgIpc) is 3.52. The number of imidazole rings is 1. The largest absolute Gasteiger partial charge is 0.351 e. The topological polar surface area (TPSA) is 134 Å². The average molecular weight is 629 g/mol. The number of nitro groups is 1. The van der Waals surface area contributed by atoms with Crippen LogP contribution in [0.1, 0.15) is 53.0 Å². The van der Waals surface area contributed by atoms with Gasteiger partial charge in [0.1, 0.15) is 0 Å². The van der Waals surface area contributed by atoms with Crippen molar-refractivity contribution in [2.24, 2.45) is 5.92 Å². The van der Waals surface area contributed by atoms with Gasteiger partial charge in [-0.05, 0) is 52.1 Å². The highest BCUT2D eigenvalue weighted by Gasteiger charge is 2.26.